The summed E-state index contributed by atoms with van der Waals surface area (Å²) in [6.07, 6.45) is 1.79. The minimum absolute atomic E-state index is 0.0480. The van der Waals surface area contributed by atoms with E-state index in [9.17, 15) is 4.79 Å². The Morgan fingerprint density at radius 1 is 0.939 bits per heavy atom. The summed E-state index contributed by atoms with van der Waals surface area (Å²) in [7, 11) is 3.15. The molecule has 0 N–H and O–H groups in total. The van der Waals surface area contributed by atoms with Gasteiger partial charge in [-0.05, 0) is 74.0 Å². The topological polar surface area (TPSA) is 70.8 Å². The van der Waals surface area contributed by atoms with Gasteiger partial charge in [0.2, 0.25) is 5.89 Å². The lowest BCUT2D eigenvalue weighted by Crippen LogP contribution is -2.06. The molecule has 0 aliphatic rings. The maximum absolute atomic E-state index is 13.6. The zero-order valence-corrected chi connectivity index (χ0v) is 19.0. The molecule has 0 amide bonds. The van der Waals surface area contributed by atoms with Gasteiger partial charge in [0.1, 0.15) is 11.3 Å². The first-order valence-electron chi connectivity index (χ1n) is 10.6. The molecule has 4 rings (SSSR count). The Hall–Kier alpha value is -4.06. The molecule has 1 aromatic heterocycles. The molecule has 0 spiro atoms. The van der Waals surface area contributed by atoms with E-state index < -0.39 is 0 Å². The van der Waals surface area contributed by atoms with Crippen molar-refractivity contribution in [1.29, 1.82) is 0 Å². The number of carbonyl (C=O) groups excluding carboxylic acids is 1. The molecule has 0 atom stereocenters. The first-order chi connectivity index (χ1) is 16.0. The summed E-state index contributed by atoms with van der Waals surface area (Å²) in [5.41, 5.74) is 2.87. The predicted molar refractivity (Wildman–Crippen MR) is 128 cm³/mol. The van der Waals surface area contributed by atoms with Gasteiger partial charge in [-0.3, -0.25) is 4.79 Å². The molecule has 4 aromatic rings. The van der Waals surface area contributed by atoms with Crippen molar-refractivity contribution in [2.24, 2.45) is 0 Å². The molecular weight excluding hydrogens is 418 g/mol. The summed E-state index contributed by atoms with van der Waals surface area (Å²) in [6.45, 7) is 3.91. The van der Waals surface area contributed by atoms with Gasteiger partial charge in [-0.2, -0.15) is 0 Å². The predicted octanol–water partition coefficient (Wildman–Crippen LogP) is 6.06. The number of Topliss-reactive ketones (excluding diaryl/α,β-unsaturated/α-hetero) is 1. The molecule has 33 heavy (non-hydrogen) atoms. The number of aromatic nitrogens is 1. The lowest BCUT2D eigenvalue weighted by molar-refractivity contribution is 0.105. The van der Waals surface area contributed by atoms with Crippen molar-refractivity contribution in [3.05, 3.63) is 83.7 Å². The van der Waals surface area contributed by atoms with Gasteiger partial charge in [-0.25, -0.2) is 4.98 Å². The standard InChI is InChI=1S/C27H25NO5/c1-17(2)32-20-12-10-19(11-13-20)26(29)21(27-28-22-7-5-6-8-23(22)33-27)15-18-9-14-24(30-3)25(16-18)31-4/h5-17H,1-4H3/b21-15-. The monoisotopic (exact) mass is 443 g/mol. The number of oxazole rings is 1. The lowest BCUT2D eigenvalue weighted by Gasteiger charge is -2.11. The molecule has 1 heterocycles. The van der Waals surface area contributed by atoms with Gasteiger partial charge in [0, 0.05) is 5.56 Å². The van der Waals surface area contributed by atoms with Gasteiger partial charge in [-0.1, -0.05) is 18.2 Å². The van der Waals surface area contributed by atoms with Crippen LogP contribution in [0.5, 0.6) is 17.2 Å². The molecule has 0 aliphatic heterocycles. The number of carbonyl (C=O) groups is 1. The number of benzene rings is 3. The highest BCUT2D eigenvalue weighted by Crippen LogP contribution is 2.31. The highest BCUT2D eigenvalue weighted by molar-refractivity contribution is 6.31. The molecule has 6 nitrogen and oxygen atoms in total. The van der Waals surface area contributed by atoms with Crippen molar-refractivity contribution < 1.29 is 23.4 Å². The molecule has 0 bridgehead atoms. The second-order valence-electron chi connectivity index (χ2n) is 7.68. The maximum atomic E-state index is 13.6. The van der Waals surface area contributed by atoms with Crippen molar-refractivity contribution >= 4 is 28.5 Å². The van der Waals surface area contributed by atoms with Crippen LogP contribution in [-0.4, -0.2) is 31.1 Å². The second-order valence-corrected chi connectivity index (χ2v) is 7.68. The minimum atomic E-state index is -0.215. The van der Waals surface area contributed by atoms with Crippen LogP contribution in [-0.2, 0) is 0 Å². The SMILES string of the molecule is COc1ccc(/C=C(/C(=O)c2ccc(OC(C)C)cc2)c2nc3ccccc3o2)cc1OC. The molecule has 0 radical (unpaired) electrons. The second kappa shape index (κ2) is 9.61. The van der Waals surface area contributed by atoms with E-state index in [0.29, 0.717) is 39.5 Å². The van der Waals surface area contributed by atoms with Crippen molar-refractivity contribution in [1.82, 2.24) is 4.98 Å². The number of allylic oxidation sites excluding steroid dienone is 1. The smallest absolute Gasteiger partial charge is 0.231 e. The van der Waals surface area contributed by atoms with Crippen LogP contribution in [0.25, 0.3) is 22.7 Å². The normalized spacial score (nSPS) is 11.6. The maximum Gasteiger partial charge on any atom is 0.231 e. The Bertz CT molecular complexity index is 1270. The first-order valence-corrected chi connectivity index (χ1v) is 10.6. The average molecular weight is 443 g/mol. The fourth-order valence-electron chi connectivity index (χ4n) is 3.43. The van der Waals surface area contributed by atoms with E-state index in [4.69, 9.17) is 18.6 Å². The average Bonchev–Trinajstić information content (AvgIpc) is 3.26. The largest absolute Gasteiger partial charge is 0.493 e. The van der Waals surface area contributed by atoms with Crippen LogP contribution in [0.2, 0.25) is 0 Å². The Labute approximate surface area is 192 Å². The quantitative estimate of drug-likeness (QED) is 0.244. The van der Waals surface area contributed by atoms with E-state index in [1.54, 1.807) is 56.7 Å². The van der Waals surface area contributed by atoms with Crippen LogP contribution in [0.15, 0.2) is 71.1 Å². The summed E-state index contributed by atoms with van der Waals surface area (Å²) in [5.74, 6) is 1.90. The highest BCUT2D eigenvalue weighted by Gasteiger charge is 2.21. The number of methoxy groups -OCH3 is 2. The number of ether oxygens (including phenoxy) is 3. The number of fused-ring (bicyclic) bond motifs is 1. The van der Waals surface area contributed by atoms with E-state index >= 15 is 0 Å². The molecule has 0 unspecified atom stereocenters. The van der Waals surface area contributed by atoms with E-state index in [2.05, 4.69) is 4.98 Å². The first kappa shape index (κ1) is 22.1. The molecule has 6 heteroatoms. The number of hydrogen-bond acceptors (Lipinski definition) is 6. The number of para-hydroxylation sites is 2. The third-order valence-electron chi connectivity index (χ3n) is 4.98. The van der Waals surface area contributed by atoms with E-state index in [1.807, 2.05) is 44.2 Å². The molecule has 0 fully saturated rings. The fraction of sp³-hybridized carbons (Fsp3) is 0.185. The van der Waals surface area contributed by atoms with Gasteiger partial charge in [0.25, 0.3) is 0 Å². The van der Waals surface area contributed by atoms with E-state index in [0.717, 1.165) is 5.56 Å². The molecule has 3 aromatic carbocycles. The summed E-state index contributed by atoms with van der Waals surface area (Å²) >= 11 is 0. The van der Waals surface area contributed by atoms with Crippen LogP contribution < -0.4 is 14.2 Å². The van der Waals surface area contributed by atoms with Gasteiger partial charge < -0.3 is 18.6 Å². The minimum Gasteiger partial charge on any atom is -0.493 e. The fourth-order valence-corrected chi connectivity index (χ4v) is 3.43. The zero-order chi connectivity index (χ0) is 23.4. The van der Waals surface area contributed by atoms with Crippen LogP contribution in [0, 0.1) is 0 Å². The molecule has 0 saturated carbocycles. The highest BCUT2D eigenvalue weighted by atomic mass is 16.5. The summed E-state index contributed by atoms with van der Waals surface area (Å²) < 4.78 is 22.4. The molecule has 0 saturated heterocycles. The Kier molecular flexibility index (Phi) is 6.45. The third kappa shape index (κ3) is 4.90. The van der Waals surface area contributed by atoms with Crippen LogP contribution in [0.4, 0.5) is 0 Å². The molecule has 0 aliphatic carbocycles. The zero-order valence-electron chi connectivity index (χ0n) is 19.0. The Morgan fingerprint density at radius 3 is 2.33 bits per heavy atom. The Balaban J connectivity index is 1.79. The van der Waals surface area contributed by atoms with Crippen LogP contribution in [0.1, 0.15) is 35.7 Å². The molecular formula is C27H25NO5. The number of hydrogen-bond donors (Lipinski definition) is 0. The molecule has 168 valence electrons. The van der Waals surface area contributed by atoms with Crippen molar-refractivity contribution in [3.63, 3.8) is 0 Å². The number of rotatable bonds is 8. The van der Waals surface area contributed by atoms with Crippen molar-refractivity contribution in [2.45, 2.75) is 20.0 Å². The van der Waals surface area contributed by atoms with Crippen molar-refractivity contribution in [2.75, 3.05) is 14.2 Å². The van der Waals surface area contributed by atoms with Crippen LogP contribution >= 0.6 is 0 Å². The summed E-state index contributed by atoms with van der Waals surface area (Å²) in [5, 5.41) is 0. The third-order valence-corrected chi connectivity index (χ3v) is 4.98. The number of nitrogens with zero attached hydrogens (tertiary/aromatic N) is 1. The lowest BCUT2D eigenvalue weighted by atomic mass is 10.0. The Morgan fingerprint density at radius 2 is 1.67 bits per heavy atom. The number of ketones is 1. The van der Waals surface area contributed by atoms with Gasteiger partial charge in [0.05, 0.1) is 25.9 Å². The summed E-state index contributed by atoms with van der Waals surface area (Å²) in [4.78, 5) is 18.1. The summed E-state index contributed by atoms with van der Waals surface area (Å²) in [6, 6.07) is 19.9. The van der Waals surface area contributed by atoms with E-state index in [1.165, 1.54) is 0 Å². The van der Waals surface area contributed by atoms with Gasteiger partial charge >= 0.3 is 0 Å². The van der Waals surface area contributed by atoms with Gasteiger partial charge in [0.15, 0.2) is 22.9 Å². The van der Waals surface area contributed by atoms with Crippen molar-refractivity contribution in [3.8, 4) is 17.2 Å². The van der Waals surface area contributed by atoms with Crippen LogP contribution in [0.3, 0.4) is 0 Å². The van der Waals surface area contributed by atoms with Gasteiger partial charge in [-0.15, -0.1) is 0 Å². The van der Waals surface area contributed by atoms with E-state index in [-0.39, 0.29) is 17.8 Å².